The summed E-state index contributed by atoms with van der Waals surface area (Å²) < 4.78 is 38.1. The Labute approximate surface area is 211 Å². The summed E-state index contributed by atoms with van der Waals surface area (Å²) in [5.74, 6) is 12.3. The van der Waals surface area contributed by atoms with Gasteiger partial charge in [0.05, 0.1) is 12.7 Å². The maximum Gasteiger partial charge on any atom is 0.195 e. The molecule has 5 aliphatic rings. The predicted octanol–water partition coefficient (Wildman–Crippen LogP) is 3.18. The molecule has 1 saturated carbocycles. The number of aliphatic hydroxyl groups is 1. The van der Waals surface area contributed by atoms with Gasteiger partial charge in [0.25, 0.3) is 0 Å². The molecular weight excluding hydrogens is 480 g/mol. The smallest absolute Gasteiger partial charge is 0.195 e. The van der Waals surface area contributed by atoms with E-state index in [2.05, 4.69) is 77.2 Å². The molecule has 0 aromatic rings. The molecule has 1 N–H and O–H groups in total. The van der Waals surface area contributed by atoms with E-state index in [1.54, 1.807) is 0 Å². The molecule has 0 unspecified atom stereocenters. The van der Waals surface area contributed by atoms with Gasteiger partial charge in [-0.05, 0) is 51.6 Å². The number of rotatable bonds is 5. The molecule has 3 saturated heterocycles. The van der Waals surface area contributed by atoms with Gasteiger partial charge in [0.15, 0.2) is 45.3 Å². The van der Waals surface area contributed by atoms with Crippen LogP contribution in [0, 0.1) is 23.7 Å². The van der Waals surface area contributed by atoms with Crippen molar-refractivity contribution in [1.82, 2.24) is 0 Å². The lowest BCUT2D eigenvalue weighted by atomic mass is 9.85. The number of hydrogen-bond donors (Lipinski definition) is 1. The highest BCUT2D eigenvalue weighted by Gasteiger charge is 2.82. The molecule has 8 atom stereocenters. The first-order chi connectivity index (χ1) is 15.9. The predicted molar refractivity (Wildman–Crippen MR) is 136 cm³/mol. The number of fused-ring (bicyclic) bond motifs is 1. The summed E-state index contributed by atoms with van der Waals surface area (Å²) in [7, 11) is -4.25. The third kappa shape index (κ3) is 3.99. The number of hydrogen-bond acceptors (Lipinski definition) is 7. The molecule has 0 aromatic carbocycles. The van der Waals surface area contributed by atoms with Crippen LogP contribution in [0.5, 0.6) is 0 Å². The Balaban J connectivity index is 1.57. The van der Waals surface area contributed by atoms with E-state index in [4.69, 9.17) is 27.8 Å². The van der Waals surface area contributed by atoms with Crippen LogP contribution in [0.3, 0.4) is 0 Å². The fourth-order valence-electron chi connectivity index (χ4n) is 5.40. The molecule has 9 heteroatoms. The minimum Gasteiger partial charge on any atom is -0.411 e. The molecule has 35 heavy (non-hydrogen) atoms. The monoisotopic (exact) mass is 520 g/mol. The summed E-state index contributed by atoms with van der Waals surface area (Å²) in [6.45, 7) is 21.6. The second-order valence-corrected chi connectivity index (χ2v) is 22.7. The summed E-state index contributed by atoms with van der Waals surface area (Å²) in [4.78, 5) is 0. The van der Waals surface area contributed by atoms with E-state index >= 15 is 0 Å². The summed E-state index contributed by atoms with van der Waals surface area (Å²) in [5.41, 5.74) is -3.00. The summed E-state index contributed by atoms with van der Waals surface area (Å²) in [5, 5.41) is 11.5. The van der Waals surface area contributed by atoms with E-state index < -0.39 is 51.4 Å². The minimum absolute atomic E-state index is 0.0384. The number of epoxide rings is 2. The van der Waals surface area contributed by atoms with Crippen LogP contribution >= 0.6 is 0 Å². The molecule has 0 amide bonds. The van der Waals surface area contributed by atoms with Crippen molar-refractivity contribution in [3.05, 3.63) is 0 Å². The lowest BCUT2D eigenvalue weighted by molar-refractivity contribution is -0.143. The zero-order valence-electron chi connectivity index (χ0n) is 22.7. The molecule has 3 aliphatic heterocycles. The maximum atomic E-state index is 11.4. The van der Waals surface area contributed by atoms with Crippen LogP contribution < -0.4 is 0 Å². The first kappa shape index (κ1) is 25.9. The van der Waals surface area contributed by atoms with Crippen molar-refractivity contribution < 1.29 is 32.9 Å². The molecule has 194 valence electrons. The topological polar surface area (TPSA) is 82.2 Å². The van der Waals surface area contributed by atoms with E-state index in [-0.39, 0.29) is 23.4 Å². The van der Waals surface area contributed by atoms with Gasteiger partial charge >= 0.3 is 0 Å². The van der Waals surface area contributed by atoms with Crippen LogP contribution in [0.2, 0.25) is 37.8 Å². The van der Waals surface area contributed by atoms with Crippen LogP contribution in [0.1, 0.15) is 41.0 Å². The van der Waals surface area contributed by atoms with Crippen molar-refractivity contribution in [2.24, 2.45) is 0 Å². The van der Waals surface area contributed by atoms with E-state index in [1.165, 1.54) is 0 Å². The molecule has 2 aliphatic carbocycles. The average Bonchev–Trinajstić information content (AvgIpc) is 3.54. The van der Waals surface area contributed by atoms with Crippen LogP contribution in [0.25, 0.3) is 0 Å². The highest BCUT2D eigenvalue weighted by Crippen LogP contribution is 2.62. The Morgan fingerprint density at radius 2 is 1.66 bits per heavy atom. The Bertz CT molecular complexity index is 1040. The summed E-state index contributed by atoms with van der Waals surface area (Å²) in [6.07, 6.45) is -1.92. The molecule has 5 rings (SSSR count). The van der Waals surface area contributed by atoms with Gasteiger partial charge in [0.1, 0.15) is 18.3 Å². The quantitative estimate of drug-likeness (QED) is 0.339. The summed E-state index contributed by atoms with van der Waals surface area (Å²) in [6, 6.07) is 0. The van der Waals surface area contributed by atoms with Crippen molar-refractivity contribution in [3.63, 3.8) is 0 Å². The zero-order chi connectivity index (χ0) is 25.9. The highest BCUT2D eigenvalue weighted by molar-refractivity contribution is 6.74. The van der Waals surface area contributed by atoms with E-state index in [1.807, 2.05) is 13.8 Å². The first-order valence-corrected chi connectivity index (χ1v) is 19.0. The Morgan fingerprint density at radius 3 is 2.23 bits per heavy atom. The lowest BCUT2D eigenvalue weighted by Crippen LogP contribution is -2.56. The molecule has 0 aromatic heterocycles. The fraction of sp³-hybridized carbons (Fsp3) is 0.846. The van der Waals surface area contributed by atoms with E-state index in [9.17, 15) is 5.11 Å². The molecule has 4 fully saturated rings. The SMILES string of the molecule is CC1(C)OC[C@H]([C@]23C#C[C@]4(O[Si](C)(C)C)C[C@@H](O[Si](C)(C)C(C)(C)C)[C@@H]5O[C@@]54[C@@H](O)C#C[C@H]2O3)O1. The lowest BCUT2D eigenvalue weighted by Gasteiger charge is -2.41. The van der Waals surface area contributed by atoms with Crippen molar-refractivity contribution in [3.8, 4) is 23.7 Å². The van der Waals surface area contributed by atoms with Gasteiger partial charge in [-0.2, -0.15) is 0 Å². The third-order valence-corrected chi connectivity index (χ3v) is 13.7. The second kappa shape index (κ2) is 7.44. The van der Waals surface area contributed by atoms with Gasteiger partial charge in [0.2, 0.25) is 0 Å². The Hall–Kier alpha value is -0.726. The molecular formula is C26H40O7Si2. The van der Waals surface area contributed by atoms with E-state index in [0.29, 0.717) is 13.0 Å². The van der Waals surface area contributed by atoms with Gasteiger partial charge in [-0.3, -0.25) is 0 Å². The molecule has 7 nitrogen and oxygen atoms in total. The minimum atomic E-state index is -2.14. The van der Waals surface area contributed by atoms with Gasteiger partial charge in [0, 0.05) is 6.42 Å². The average molecular weight is 521 g/mol. The Kier molecular flexibility index (Phi) is 5.50. The molecule has 0 bridgehead atoms. The second-order valence-electron chi connectivity index (χ2n) is 13.5. The van der Waals surface area contributed by atoms with Crippen molar-refractivity contribution in [2.45, 2.75) is 132 Å². The van der Waals surface area contributed by atoms with Crippen molar-refractivity contribution >= 4 is 16.6 Å². The van der Waals surface area contributed by atoms with Gasteiger partial charge in [-0.25, -0.2) is 0 Å². The fourth-order valence-corrected chi connectivity index (χ4v) is 8.05. The molecule has 3 heterocycles. The van der Waals surface area contributed by atoms with E-state index in [0.717, 1.165) is 0 Å². The van der Waals surface area contributed by atoms with Crippen LogP contribution in [-0.2, 0) is 27.8 Å². The number of aliphatic hydroxyl groups excluding tert-OH is 1. The van der Waals surface area contributed by atoms with Crippen molar-refractivity contribution in [1.29, 1.82) is 0 Å². The zero-order valence-corrected chi connectivity index (χ0v) is 24.7. The first-order valence-electron chi connectivity index (χ1n) is 12.7. The highest BCUT2D eigenvalue weighted by atomic mass is 28.4. The third-order valence-electron chi connectivity index (χ3n) is 8.23. The summed E-state index contributed by atoms with van der Waals surface area (Å²) >= 11 is 0. The van der Waals surface area contributed by atoms with Crippen LogP contribution in [-0.4, -0.2) is 81.5 Å². The van der Waals surface area contributed by atoms with Crippen LogP contribution in [0.15, 0.2) is 0 Å². The van der Waals surface area contributed by atoms with Gasteiger partial charge < -0.3 is 32.9 Å². The van der Waals surface area contributed by atoms with Crippen LogP contribution in [0.4, 0.5) is 0 Å². The van der Waals surface area contributed by atoms with Gasteiger partial charge in [-0.15, -0.1) is 0 Å². The normalized spacial score (nSPS) is 45.4. The number of ether oxygens (including phenoxy) is 4. The van der Waals surface area contributed by atoms with Gasteiger partial charge in [-0.1, -0.05) is 44.5 Å². The van der Waals surface area contributed by atoms with Crippen molar-refractivity contribution in [2.75, 3.05) is 6.61 Å². The Morgan fingerprint density at radius 1 is 0.971 bits per heavy atom. The molecule has 1 spiro atoms. The maximum absolute atomic E-state index is 11.4. The molecule has 0 radical (unpaired) electrons. The largest absolute Gasteiger partial charge is 0.411 e. The standard InChI is InChI=1S/C26H40O7Si2/c1-22(2,3)35(9,10)32-17-15-24(33-34(6,7)8)13-14-25(20-16-28-23(4,5)29-20)19(30-25)12-11-18(27)26(24)21(17)31-26/h17-21,27H,15-16H2,1-10H3/t17-,18+,19-,20-,21+,24+,25+,26+/m1/s1.